The van der Waals surface area contributed by atoms with Gasteiger partial charge in [-0.15, -0.1) is 0 Å². The Kier molecular flexibility index (Phi) is 51.6. The summed E-state index contributed by atoms with van der Waals surface area (Å²) < 4.78 is 22.9. The zero-order chi connectivity index (χ0) is 53.4. The number of esters is 2. The molecule has 0 aliphatic rings. The SMILES string of the molecule is CC/C=C\C/C=C\C/C=C\C/C=C\C/C=C\C/C=C\C/C=C\C/C=C\CCCCCCCCC(=O)OC(COC(=O)CCCCCCCCCCCCCCCCCCC)COC(OCC[N+](C)(C)C)C(=O)O. The van der Waals surface area contributed by atoms with Crippen LogP contribution in [-0.4, -0.2) is 87.4 Å². The minimum atomic E-state index is -1.52. The first kappa shape index (κ1) is 69.2. The van der Waals surface area contributed by atoms with Crippen molar-refractivity contribution in [2.24, 2.45) is 0 Å². The highest BCUT2D eigenvalue weighted by atomic mass is 16.7. The molecule has 0 aromatic carbocycles. The number of carbonyl (C=O) groups is 3. The first-order chi connectivity index (χ1) is 35.6. The van der Waals surface area contributed by atoms with Crippen molar-refractivity contribution in [2.75, 3.05) is 47.5 Å². The molecule has 0 bridgehead atoms. The second kappa shape index (κ2) is 54.5. The van der Waals surface area contributed by atoms with Gasteiger partial charge < -0.3 is 28.5 Å². The molecule has 9 nitrogen and oxygen atoms in total. The molecule has 2 atom stereocenters. The van der Waals surface area contributed by atoms with Gasteiger partial charge in [-0.2, -0.15) is 0 Å². The predicted molar refractivity (Wildman–Crippen MR) is 309 cm³/mol. The summed E-state index contributed by atoms with van der Waals surface area (Å²) >= 11 is 0. The highest BCUT2D eigenvalue weighted by Gasteiger charge is 2.25. The average Bonchev–Trinajstić information content (AvgIpc) is 3.36. The lowest BCUT2D eigenvalue weighted by Crippen LogP contribution is -2.40. The van der Waals surface area contributed by atoms with Crippen LogP contribution in [0.3, 0.4) is 0 Å². The van der Waals surface area contributed by atoms with Crippen molar-refractivity contribution in [3.63, 3.8) is 0 Å². The molecular formula is C64H110NO8+. The van der Waals surface area contributed by atoms with E-state index in [0.717, 1.165) is 109 Å². The molecule has 9 heteroatoms. The van der Waals surface area contributed by atoms with Gasteiger partial charge in [0, 0.05) is 12.8 Å². The molecule has 0 amide bonds. The molecule has 0 aliphatic carbocycles. The van der Waals surface area contributed by atoms with Gasteiger partial charge in [0.1, 0.15) is 13.2 Å². The Morgan fingerprint density at radius 3 is 1.16 bits per heavy atom. The molecule has 0 heterocycles. The molecule has 0 saturated carbocycles. The number of carbonyl (C=O) groups excluding carboxylic acids is 2. The Morgan fingerprint density at radius 2 is 0.781 bits per heavy atom. The molecule has 0 fully saturated rings. The van der Waals surface area contributed by atoms with Crippen LogP contribution in [0.1, 0.15) is 232 Å². The van der Waals surface area contributed by atoms with E-state index >= 15 is 0 Å². The lowest BCUT2D eigenvalue weighted by molar-refractivity contribution is -0.870. The number of hydrogen-bond acceptors (Lipinski definition) is 7. The van der Waals surface area contributed by atoms with Crippen LogP contribution >= 0.6 is 0 Å². The number of rotatable bonds is 53. The Hall–Kier alpha value is -3.79. The van der Waals surface area contributed by atoms with Crippen molar-refractivity contribution in [2.45, 2.75) is 245 Å². The second-order valence-corrected chi connectivity index (χ2v) is 20.6. The van der Waals surface area contributed by atoms with E-state index < -0.39 is 24.3 Å². The van der Waals surface area contributed by atoms with Crippen LogP contribution in [0.5, 0.6) is 0 Å². The Balaban J connectivity index is 4.29. The van der Waals surface area contributed by atoms with Gasteiger partial charge in [0.15, 0.2) is 6.10 Å². The summed E-state index contributed by atoms with van der Waals surface area (Å²) in [5.74, 6) is -2.03. The summed E-state index contributed by atoms with van der Waals surface area (Å²) in [5, 5.41) is 9.70. The van der Waals surface area contributed by atoms with Crippen LogP contribution in [0, 0.1) is 0 Å². The molecule has 0 radical (unpaired) electrons. The molecule has 418 valence electrons. The summed E-state index contributed by atoms with van der Waals surface area (Å²) in [6.07, 6.45) is 70.5. The van der Waals surface area contributed by atoms with Crippen molar-refractivity contribution >= 4 is 17.9 Å². The molecule has 0 spiro atoms. The number of likely N-dealkylation sites (N-methyl/N-ethyl adjacent to an activating group) is 1. The number of allylic oxidation sites excluding steroid dienone is 16. The van der Waals surface area contributed by atoms with Crippen LogP contribution in [0.15, 0.2) is 97.2 Å². The van der Waals surface area contributed by atoms with E-state index in [1.807, 2.05) is 21.1 Å². The van der Waals surface area contributed by atoms with Crippen molar-refractivity contribution in [1.29, 1.82) is 0 Å². The number of unbranched alkanes of at least 4 members (excludes halogenated alkanes) is 22. The minimum absolute atomic E-state index is 0.181. The van der Waals surface area contributed by atoms with Crippen LogP contribution in [0.2, 0.25) is 0 Å². The normalized spacial score (nSPS) is 13.5. The van der Waals surface area contributed by atoms with Crippen molar-refractivity contribution < 1.29 is 42.9 Å². The average molecular weight is 1020 g/mol. The number of aliphatic carboxylic acids is 1. The van der Waals surface area contributed by atoms with E-state index in [9.17, 15) is 19.5 Å². The maximum absolute atomic E-state index is 12.9. The smallest absolute Gasteiger partial charge is 0.361 e. The van der Waals surface area contributed by atoms with Crippen LogP contribution in [0.4, 0.5) is 0 Å². The molecular weight excluding hydrogens is 911 g/mol. The Bertz CT molecular complexity index is 1520. The van der Waals surface area contributed by atoms with E-state index in [1.54, 1.807) is 0 Å². The molecule has 0 aliphatic heterocycles. The number of hydrogen-bond donors (Lipinski definition) is 1. The molecule has 0 aromatic rings. The van der Waals surface area contributed by atoms with Crippen molar-refractivity contribution in [3.8, 4) is 0 Å². The lowest BCUT2D eigenvalue weighted by atomic mass is 10.0. The number of ether oxygens (including phenoxy) is 4. The molecule has 0 aromatic heterocycles. The predicted octanol–water partition coefficient (Wildman–Crippen LogP) is 17.3. The fourth-order valence-corrected chi connectivity index (χ4v) is 7.85. The minimum Gasteiger partial charge on any atom is -0.477 e. The fraction of sp³-hybridized carbons (Fsp3) is 0.703. The Labute approximate surface area is 448 Å². The van der Waals surface area contributed by atoms with E-state index in [-0.39, 0.29) is 32.2 Å². The van der Waals surface area contributed by atoms with Gasteiger partial charge in [-0.25, -0.2) is 4.79 Å². The number of carboxylic acids is 1. The summed E-state index contributed by atoms with van der Waals surface area (Å²) in [5.41, 5.74) is 0. The van der Waals surface area contributed by atoms with E-state index in [1.165, 1.54) is 89.9 Å². The molecule has 2 unspecified atom stereocenters. The first-order valence-corrected chi connectivity index (χ1v) is 29.4. The quantitative estimate of drug-likeness (QED) is 0.0211. The monoisotopic (exact) mass is 1020 g/mol. The molecule has 73 heavy (non-hydrogen) atoms. The summed E-state index contributed by atoms with van der Waals surface area (Å²) in [4.78, 5) is 37.4. The van der Waals surface area contributed by atoms with Gasteiger partial charge in [-0.1, -0.05) is 239 Å². The molecule has 0 rings (SSSR count). The Morgan fingerprint density at radius 1 is 0.425 bits per heavy atom. The van der Waals surface area contributed by atoms with Crippen molar-refractivity contribution in [1.82, 2.24) is 0 Å². The topological polar surface area (TPSA) is 108 Å². The lowest BCUT2D eigenvalue weighted by Gasteiger charge is -2.25. The standard InChI is InChI=1S/C64H109NO8/c1-6-8-10-12-14-16-18-20-22-24-25-26-27-28-29-30-31-32-33-34-35-36-37-39-41-43-45-47-49-51-53-55-62(67)73-60(59-72-64(63(68)69)70-57-56-65(3,4)5)58-71-61(66)54-52-50-48-46-44-42-40-38-23-21-19-17-15-13-11-9-7-2/h8,10,14,16,20,22,25-26,28-29,31-32,34-35,37,39,60,64H,6-7,9,11-13,15,17-19,21,23-24,27,30,33,36,38,40-59H2,1-5H3/p+1/b10-8-,16-14-,22-20-,26-25-,29-28-,32-31-,35-34-,39-37-. The maximum Gasteiger partial charge on any atom is 0.361 e. The van der Waals surface area contributed by atoms with Crippen LogP contribution < -0.4 is 0 Å². The third kappa shape index (κ3) is 55.8. The van der Waals surface area contributed by atoms with Gasteiger partial charge in [-0.05, 0) is 77.0 Å². The largest absolute Gasteiger partial charge is 0.477 e. The first-order valence-electron chi connectivity index (χ1n) is 29.4. The fourth-order valence-electron chi connectivity index (χ4n) is 7.85. The molecule has 1 N–H and O–H groups in total. The second-order valence-electron chi connectivity index (χ2n) is 20.6. The summed E-state index contributed by atoms with van der Waals surface area (Å²) in [6, 6.07) is 0. The third-order valence-corrected chi connectivity index (χ3v) is 12.4. The third-order valence-electron chi connectivity index (χ3n) is 12.4. The van der Waals surface area contributed by atoms with E-state index in [2.05, 4.69) is 111 Å². The van der Waals surface area contributed by atoms with Crippen LogP contribution in [0.25, 0.3) is 0 Å². The molecule has 0 saturated heterocycles. The van der Waals surface area contributed by atoms with Gasteiger partial charge in [0.25, 0.3) is 6.29 Å². The van der Waals surface area contributed by atoms with Crippen LogP contribution in [-0.2, 0) is 33.3 Å². The van der Waals surface area contributed by atoms with E-state index in [4.69, 9.17) is 18.9 Å². The zero-order valence-corrected chi connectivity index (χ0v) is 47.5. The highest BCUT2D eigenvalue weighted by molar-refractivity contribution is 5.71. The van der Waals surface area contributed by atoms with Gasteiger partial charge in [0.05, 0.1) is 34.4 Å². The van der Waals surface area contributed by atoms with Gasteiger partial charge in [0.2, 0.25) is 0 Å². The van der Waals surface area contributed by atoms with Crippen molar-refractivity contribution in [3.05, 3.63) is 97.2 Å². The number of quaternary nitrogens is 1. The number of carboxylic acid groups (broad SMARTS) is 1. The summed E-state index contributed by atoms with van der Waals surface area (Å²) in [7, 11) is 5.96. The van der Waals surface area contributed by atoms with E-state index in [0.29, 0.717) is 23.9 Å². The number of nitrogens with zero attached hydrogens (tertiary/aromatic N) is 1. The summed E-state index contributed by atoms with van der Waals surface area (Å²) in [6.45, 7) is 4.75. The zero-order valence-electron chi connectivity index (χ0n) is 47.5. The maximum atomic E-state index is 12.9. The highest BCUT2D eigenvalue weighted by Crippen LogP contribution is 2.16. The van der Waals surface area contributed by atoms with Gasteiger partial charge in [-0.3, -0.25) is 9.59 Å². The van der Waals surface area contributed by atoms with Gasteiger partial charge >= 0.3 is 17.9 Å².